The fourth-order valence-corrected chi connectivity index (χ4v) is 2.79. The zero-order chi connectivity index (χ0) is 12.1. The molecule has 0 amide bonds. The highest BCUT2D eigenvalue weighted by Gasteiger charge is 2.17. The first-order valence-electron chi connectivity index (χ1n) is 6.97. The second-order valence-electron chi connectivity index (χ2n) is 5.26. The van der Waals surface area contributed by atoms with E-state index in [1.54, 1.807) is 0 Å². The Kier molecular flexibility index (Phi) is 4.41. The maximum absolute atomic E-state index is 4.34. The van der Waals surface area contributed by atoms with Gasteiger partial charge >= 0.3 is 0 Å². The van der Waals surface area contributed by atoms with E-state index in [1.807, 2.05) is 12.3 Å². The molecule has 0 spiro atoms. The van der Waals surface area contributed by atoms with Gasteiger partial charge in [0.05, 0.1) is 11.4 Å². The second-order valence-corrected chi connectivity index (χ2v) is 5.26. The summed E-state index contributed by atoms with van der Waals surface area (Å²) >= 11 is 0. The Labute approximate surface area is 105 Å². The van der Waals surface area contributed by atoms with Crippen LogP contribution in [0.1, 0.15) is 51.1 Å². The summed E-state index contributed by atoms with van der Waals surface area (Å²) < 4.78 is 0. The van der Waals surface area contributed by atoms with Crippen LogP contribution < -0.4 is 5.32 Å². The maximum atomic E-state index is 4.34. The molecule has 1 saturated carbocycles. The Morgan fingerprint density at radius 1 is 1.29 bits per heavy atom. The van der Waals surface area contributed by atoms with Crippen LogP contribution in [0.15, 0.2) is 18.3 Å². The van der Waals surface area contributed by atoms with Crippen LogP contribution in [0.2, 0.25) is 0 Å². The van der Waals surface area contributed by atoms with Crippen molar-refractivity contribution >= 4 is 5.69 Å². The topological polar surface area (TPSA) is 24.9 Å². The molecule has 0 saturated heterocycles. The first-order chi connectivity index (χ1) is 8.29. The maximum Gasteiger partial charge on any atom is 0.0603 e. The Hall–Kier alpha value is -1.05. The van der Waals surface area contributed by atoms with Crippen molar-refractivity contribution < 1.29 is 0 Å². The van der Waals surface area contributed by atoms with Crippen molar-refractivity contribution in [2.24, 2.45) is 5.92 Å². The van der Waals surface area contributed by atoms with E-state index in [0.29, 0.717) is 6.04 Å². The first-order valence-corrected chi connectivity index (χ1v) is 6.97. The molecule has 1 N–H and O–H groups in total. The molecule has 1 aliphatic rings. The molecule has 0 bridgehead atoms. The van der Waals surface area contributed by atoms with Gasteiger partial charge in [0, 0.05) is 12.2 Å². The molecular formula is C15H24N2. The van der Waals surface area contributed by atoms with Crippen LogP contribution in [0.3, 0.4) is 0 Å². The zero-order valence-electron chi connectivity index (χ0n) is 11.1. The van der Waals surface area contributed by atoms with Gasteiger partial charge in [0.15, 0.2) is 0 Å². The molecule has 1 aliphatic carbocycles. The highest BCUT2D eigenvalue weighted by Crippen LogP contribution is 2.27. The van der Waals surface area contributed by atoms with Gasteiger partial charge < -0.3 is 5.32 Å². The smallest absolute Gasteiger partial charge is 0.0603 e. The molecular weight excluding hydrogens is 208 g/mol. The number of anilines is 1. The lowest BCUT2D eigenvalue weighted by Crippen LogP contribution is -2.19. The van der Waals surface area contributed by atoms with Gasteiger partial charge in [-0.1, -0.05) is 26.2 Å². The molecule has 2 nitrogen and oxygen atoms in total. The molecule has 0 radical (unpaired) electrons. The molecule has 0 aromatic carbocycles. The minimum atomic E-state index is 0.648. The van der Waals surface area contributed by atoms with E-state index in [-0.39, 0.29) is 0 Å². The number of hydrogen-bond acceptors (Lipinski definition) is 2. The molecule has 17 heavy (non-hydrogen) atoms. The van der Waals surface area contributed by atoms with Crippen molar-refractivity contribution in [2.45, 2.75) is 58.4 Å². The van der Waals surface area contributed by atoms with E-state index in [0.717, 1.165) is 11.6 Å². The van der Waals surface area contributed by atoms with Crippen molar-refractivity contribution in [1.82, 2.24) is 4.98 Å². The van der Waals surface area contributed by atoms with E-state index in [2.05, 4.69) is 30.2 Å². The minimum absolute atomic E-state index is 0.648. The molecule has 2 rings (SSSR count). The summed E-state index contributed by atoms with van der Waals surface area (Å²) in [5.74, 6) is 0.955. The summed E-state index contributed by atoms with van der Waals surface area (Å²) in [4.78, 5) is 4.34. The first kappa shape index (κ1) is 12.4. The fourth-order valence-electron chi connectivity index (χ4n) is 2.79. The highest BCUT2D eigenvalue weighted by molar-refractivity contribution is 5.47. The Balaban J connectivity index is 1.93. The number of nitrogens with zero attached hydrogens (tertiary/aromatic N) is 1. The van der Waals surface area contributed by atoms with Crippen LogP contribution in [-0.4, -0.2) is 11.0 Å². The summed E-state index contributed by atoms with van der Waals surface area (Å²) in [5, 5.41) is 3.67. The van der Waals surface area contributed by atoms with E-state index in [1.165, 1.54) is 44.2 Å². The van der Waals surface area contributed by atoms with Gasteiger partial charge in [-0.2, -0.15) is 0 Å². The van der Waals surface area contributed by atoms with E-state index in [9.17, 15) is 0 Å². The van der Waals surface area contributed by atoms with Crippen molar-refractivity contribution in [3.63, 3.8) is 0 Å². The SMILES string of the molecule is CCC1CCCC(Nc2cccnc2C)CC1. The molecule has 1 aromatic heterocycles. The van der Waals surface area contributed by atoms with Gasteiger partial charge in [-0.05, 0) is 44.2 Å². The number of hydrogen-bond donors (Lipinski definition) is 1. The third-order valence-electron chi connectivity index (χ3n) is 4.03. The number of rotatable bonds is 3. The summed E-state index contributed by atoms with van der Waals surface area (Å²) in [6.07, 6.45) is 10.0. The van der Waals surface area contributed by atoms with Crippen LogP contribution in [0.25, 0.3) is 0 Å². The summed E-state index contributed by atoms with van der Waals surface area (Å²) in [5.41, 5.74) is 2.33. The third kappa shape index (κ3) is 3.45. The van der Waals surface area contributed by atoms with Crippen molar-refractivity contribution in [3.05, 3.63) is 24.0 Å². The molecule has 1 heterocycles. The second kappa shape index (κ2) is 6.04. The summed E-state index contributed by atoms with van der Waals surface area (Å²) in [6, 6.07) is 4.81. The van der Waals surface area contributed by atoms with E-state index >= 15 is 0 Å². The fraction of sp³-hybridized carbons (Fsp3) is 0.667. The predicted octanol–water partition coefficient (Wildman–Crippen LogP) is 4.16. The van der Waals surface area contributed by atoms with Crippen LogP contribution in [0.5, 0.6) is 0 Å². The predicted molar refractivity (Wildman–Crippen MR) is 73.3 cm³/mol. The van der Waals surface area contributed by atoms with E-state index in [4.69, 9.17) is 0 Å². The number of nitrogens with one attached hydrogen (secondary N) is 1. The molecule has 2 atom stereocenters. The van der Waals surface area contributed by atoms with Gasteiger partial charge in [-0.25, -0.2) is 0 Å². The van der Waals surface area contributed by atoms with Gasteiger partial charge in [0.25, 0.3) is 0 Å². The normalized spacial score (nSPS) is 25.3. The standard InChI is InChI=1S/C15H24N2/c1-3-13-6-4-7-14(10-9-13)17-15-8-5-11-16-12(15)2/h5,8,11,13-14,17H,3-4,6-7,9-10H2,1-2H3. The molecule has 1 fully saturated rings. The Morgan fingerprint density at radius 2 is 2.18 bits per heavy atom. The summed E-state index contributed by atoms with van der Waals surface area (Å²) in [6.45, 7) is 4.40. The van der Waals surface area contributed by atoms with Gasteiger partial charge in [-0.15, -0.1) is 0 Å². The molecule has 2 heteroatoms. The lowest BCUT2D eigenvalue weighted by molar-refractivity contribution is 0.444. The largest absolute Gasteiger partial charge is 0.381 e. The van der Waals surface area contributed by atoms with Crippen LogP contribution >= 0.6 is 0 Å². The monoisotopic (exact) mass is 232 g/mol. The number of aromatic nitrogens is 1. The van der Waals surface area contributed by atoms with Crippen molar-refractivity contribution in [1.29, 1.82) is 0 Å². The van der Waals surface area contributed by atoms with Crippen LogP contribution in [0, 0.1) is 12.8 Å². The lowest BCUT2D eigenvalue weighted by atomic mass is 9.98. The van der Waals surface area contributed by atoms with Crippen molar-refractivity contribution in [3.8, 4) is 0 Å². The lowest BCUT2D eigenvalue weighted by Gasteiger charge is -2.19. The number of pyridine rings is 1. The molecule has 94 valence electrons. The van der Waals surface area contributed by atoms with Gasteiger partial charge in [0.1, 0.15) is 0 Å². The molecule has 1 aromatic rings. The third-order valence-corrected chi connectivity index (χ3v) is 4.03. The van der Waals surface area contributed by atoms with Crippen LogP contribution in [0.4, 0.5) is 5.69 Å². The Bertz CT molecular complexity index is 349. The van der Waals surface area contributed by atoms with Gasteiger partial charge in [0.2, 0.25) is 0 Å². The average Bonchev–Trinajstić information content (AvgIpc) is 2.57. The number of aryl methyl sites for hydroxylation is 1. The molecule has 2 unspecified atom stereocenters. The summed E-state index contributed by atoms with van der Waals surface area (Å²) in [7, 11) is 0. The van der Waals surface area contributed by atoms with E-state index < -0.39 is 0 Å². The van der Waals surface area contributed by atoms with Gasteiger partial charge in [-0.3, -0.25) is 4.98 Å². The van der Waals surface area contributed by atoms with Crippen LogP contribution in [-0.2, 0) is 0 Å². The quantitative estimate of drug-likeness (QED) is 0.791. The molecule has 0 aliphatic heterocycles. The Morgan fingerprint density at radius 3 is 2.94 bits per heavy atom. The van der Waals surface area contributed by atoms with Crippen molar-refractivity contribution in [2.75, 3.05) is 5.32 Å². The highest BCUT2D eigenvalue weighted by atomic mass is 14.9. The minimum Gasteiger partial charge on any atom is -0.381 e. The average molecular weight is 232 g/mol. The zero-order valence-corrected chi connectivity index (χ0v) is 11.1.